The Morgan fingerprint density at radius 1 is 1.00 bits per heavy atom. The molecule has 1 N–H and O–H groups in total. The fourth-order valence-corrected chi connectivity index (χ4v) is 8.08. The molecular formula is C37H47N3O5. The first-order valence-corrected chi connectivity index (χ1v) is 16.4. The molecule has 0 saturated carbocycles. The van der Waals surface area contributed by atoms with Crippen LogP contribution in [0.25, 0.3) is 0 Å². The molecule has 240 valence electrons. The Labute approximate surface area is 267 Å². The van der Waals surface area contributed by atoms with E-state index in [2.05, 4.69) is 20.1 Å². The zero-order valence-electron chi connectivity index (χ0n) is 26.6. The van der Waals surface area contributed by atoms with Crippen molar-refractivity contribution < 1.29 is 24.2 Å². The van der Waals surface area contributed by atoms with Crippen LogP contribution in [-0.2, 0) is 19.1 Å². The summed E-state index contributed by atoms with van der Waals surface area (Å²) in [6, 6.07) is 16.9. The molecule has 1 spiro atoms. The van der Waals surface area contributed by atoms with E-state index >= 15 is 0 Å². The van der Waals surface area contributed by atoms with Crippen molar-refractivity contribution in [3.05, 3.63) is 91.5 Å². The van der Waals surface area contributed by atoms with Gasteiger partial charge in [0.15, 0.2) is 0 Å². The number of rotatable bonds is 15. The van der Waals surface area contributed by atoms with Crippen LogP contribution in [-0.4, -0.2) is 76.1 Å². The molecule has 8 heteroatoms. The number of likely N-dealkylation sites (tertiary alicyclic amines) is 1. The number of ether oxygens (including phenoxy) is 1. The van der Waals surface area contributed by atoms with Gasteiger partial charge in [0.1, 0.15) is 11.6 Å². The van der Waals surface area contributed by atoms with Gasteiger partial charge in [-0.15, -0.1) is 13.2 Å². The third-order valence-electron chi connectivity index (χ3n) is 10.2. The molecule has 0 radical (unpaired) electrons. The predicted octanol–water partition coefficient (Wildman–Crippen LogP) is 5.30. The van der Waals surface area contributed by atoms with Gasteiger partial charge in [0, 0.05) is 25.3 Å². The molecule has 3 aliphatic rings. The Balaban J connectivity index is 1.64. The average Bonchev–Trinajstić information content (AvgIpc) is 3.68. The standard InChI is InChI=1S/C37H47N3O5/c1-5-9-16-25-38(23-6-2)35(44)32-37-22-21-36(8-4,45-37)30(33(42)39(24-7-3)28-19-14-11-15-20-28)31(37)34(43)40(32)29(26-41)27-17-12-10-13-18-27/h6-7,10-15,17-20,29-32,41H,2-3,5,8-9,16,21-26H2,1,4H3/t29-,30+,31+,32?,36-,37?/m1/s1. The second-order valence-electron chi connectivity index (χ2n) is 12.5. The molecule has 3 saturated heterocycles. The number of aliphatic hydroxyl groups excluding tert-OH is 1. The number of amides is 3. The summed E-state index contributed by atoms with van der Waals surface area (Å²) < 4.78 is 7.05. The monoisotopic (exact) mass is 613 g/mol. The van der Waals surface area contributed by atoms with Gasteiger partial charge in [-0.3, -0.25) is 14.4 Å². The number of fused-ring (bicyclic) bond motifs is 1. The number of hydrogen-bond acceptors (Lipinski definition) is 5. The highest BCUT2D eigenvalue weighted by Gasteiger charge is 2.79. The largest absolute Gasteiger partial charge is 0.394 e. The fourth-order valence-electron chi connectivity index (χ4n) is 8.08. The van der Waals surface area contributed by atoms with Crippen molar-refractivity contribution in [2.45, 2.75) is 75.7 Å². The van der Waals surface area contributed by atoms with Crippen molar-refractivity contribution in [1.82, 2.24) is 9.80 Å². The summed E-state index contributed by atoms with van der Waals surface area (Å²) in [4.78, 5) is 49.5. The molecule has 0 aromatic heterocycles. The molecular weight excluding hydrogens is 566 g/mol. The minimum Gasteiger partial charge on any atom is -0.394 e. The molecule has 6 atom stereocenters. The molecule has 0 aliphatic carbocycles. The SMILES string of the molecule is C=CCN(CCCCC)C(=O)C1N([C@H](CO)c2ccccc2)C(=O)[C@@H]2[C@@H](C(=O)N(CC=C)c3ccccc3)[C@@]3(CC)CCC12O3. The number of unbranched alkanes of at least 4 members (excludes halogenated alkanes) is 2. The molecule has 45 heavy (non-hydrogen) atoms. The van der Waals surface area contributed by atoms with Gasteiger partial charge in [0.05, 0.1) is 30.1 Å². The average molecular weight is 614 g/mol. The number of aliphatic hydroxyl groups is 1. The van der Waals surface area contributed by atoms with E-state index in [9.17, 15) is 19.5 Å². The van der Waals surface area contributed by atoms with E-state index < -0.39 is 35.1 Å². The molecule has 2 aromatic rings. The van der Waals surface area contributed by atoms with Crippen LogP contribution in [0, 0.1) is 11.8 Å². The van der Waals surface area contributed by atoms with Gasteiger partial charge in [-0.25, -0.2) is 0 Å². The number of carbonyl (C=O) groups is 3. The third-order valence-corrected chi connectivity index (χ3v) is 10.2. The highest BCUT2D eigenvalue weighted by atomic mass is 16.5. The number of hydrogen-bond donors (Lipinski definition) is 1. The summed E-state index contributed by atoms with van der Waals surface area (Å²) in [5.74, 6) is -2.41. The van der Waals surface area contributed by atoms with Crippen LogP contribution in [0.1, 0.15) is 64.0 Å². The molecule has 2 aromatic carbocycles. The fraction of sp³-hybridized carbons (Fsp3) is 0.486. The lowest BCUT2D eigenvalue weighted by Crippen LogP contribution is -2.57. The van der Waals surface area contributed by atoms with Gasteiger partial charge in [-0.05, 0) is 43.4 Å². The number of nitrogens with zero attached hydrogens (tertiary/aromatic N) is 3. The van der Waals surface area contributed by atoms with Gasteiger partial charge in [0.25, 0.3) is 0 Å². The first kappa shape index (κ1) is 32.6. The topological polar surface area (TPSA) is 90.4 Å². The second-order valence-corrected chi connectivity index (χ2v) is 12.5. The van der Waals surface area contributed by atoms with E-state index in [-0.39, 0.29) is 30.9 Å². The van der Waals surface area contributed by atoms with Crippen LogP contribution in [0.15, 0.2) is 86.0 Å². The Hall–Kier alpha value is -3.75. The third kappa shape index (κ3) is 5.52. The van der Waals surface area contributed by atoms with Crippen molar-refractivity contribution in [2.24, 2.45) is 11.8 Å². The molecule has 5 rings (SSSR count). The predicted molar refractivity (Wildman–Crippen MR) is 175 cm³/mol. The summed E-state index contributed by atoms with van der Waals surface area (Å²) >= 11 is 0. The quantitative estimate of drug-likeness (QED) is 0.218. The van der Waals surface area contributed by atoms with E-state index in [1.54, 1.807) is 26.9 Å². The molecule has 8 nitrogen and oxygen atoms in total. The molecule has 3 fully saturated rings. The smallest absolute Gasteiger partial charge is 0.248 e. The number of benzene rings is 2. The van der Waals surface area contributed by atoms with Crippen LogP contribution in [0.3, 0.4) is 0 Å². The Kier molecular flexibility index (Phi) is 9.94. The lowest BCUT2D eigenvalue weighted by atomic mass is 9.64. The van der Waals surface area contributed by atoms with Gasteiger partial charge >= 0.3 is 0 Å². The molecule has 3 amide bonds. The van der Waals surface area contributed by atoms with Gasteiger partial charge in [0.2, 0.25) is 17.7 Å². The first-order valence-electron chi connectivity index (χ1n) is 16.4. The molecule has 3 aliphatic heterocycles. The number of carbonyl (C=O) groups excluding carboxylic acids is 3. The summed E-state index contributed by atoms with van der Waals surface area (Å²) in [5, 5.41) is 10.8. The van der Waals surface area contributed by atoms with Crippen LogP contribution in [0.4, 0.5) is 5.69 Å². The highest BCUT2D eigenvalue weighted by Crippen LogP contribution is 2.65. The van der Waals surface area contributed by atoms with Gasteiger partial charge in [-0.1, -0.05) is 87.4 Å². The maximum absolute atomic E-state index is 14.9. The first-order chi connectivity index (χ1) is 21.8. The van der Waals surface area contributed by atoms with E-state index in [0.29, 0.717) is 38.0 Å². The van der Waals surface area contributed by atoms with Crippen LogP contribution < -0.4 is 4.90 Å². The van der Waals surface area contributed by atoms with Gasteiger partial charge < -0.3 is 24.5 Å². The number of para-hydroxylation sites is 1. The molecule has 2 unspecified atom stereocenters. The van der Waals surface area contributed by atoms with Crippen molar-refractivity contribution in [1.29, 1.82) is 0 Å². The van der Waals surface area contributed by atoms with Crippen LogP contribution >= 0.6 is 0 Å². The Morgan fingerprint density at radius 3 is 2.27 bits per heavy atom. The van der Waals surface area contributed by atoms with Crippen molar-refractivity contribution in [3.8, 4) is 0 Å². The van der Waals surface area contributed by atoms with E-state index in [4.69, 9.17) is 4.74 Å². The molecule has 3 heterocycles. The zero-order valence-corrected chi connectivity index (χ0v) is 26.6. The Bertz CT molecular complexity index is 1380. The Morgan fingerprint density at radius 2 is 1.67 bits per heavy atom. The zero-order chi connectivity index (χ0) is 32.2. The summed E-state index contributed by atoms with van der Waals surface area (Å²) in [7, 11) is 0. The van der Waals surface area contributed by atoms with Crippen molar-refractivity contribution in [2.75, 3.05) is 31.1 Å². The minimum atomic E-state index is -1.20. The summed E-state index contributed by atoms with van der Waals surface area (Å²) in [6.45, 7) is 12.7. The summed E-state index contributed by atoms with van der Waals surface area (Å²) in [6.07, 6.45) is 7.76. The van der Waals surface area contributed by atoms with Crippen molar-refractivity contribution >= 4 is 23.4 Å². The summed E-state index contributed by atoms with van der Waals surface area (Å²) in [5.41, 5.74) is -0.647. The normalized spacial score (nSPS) is 27.2. The van der Waals surface area contributed by atoms with Crippen molar-refractivity contribution in [3.63, 3.8) is 0 Å². The van der Waals surface area contributed by atoms with E-state index in [0.717, 1.165) is 24.8 Å². The molecule has 2 bridgehead atoms. The van der Waals surface area contributed by atoms with E-state index in [1.165, 1.54) is 0 Å². The maximum Gasteiger partial charge on any atom is 0.248 e. The minimum absolute atomic E-state index is 0.206. The number of anilines is 1. The maximum atomic E-state index is 14.9. The second kappa shape index (κ2) is 13.7. The van der Waals surface area contributed by atoms with Crippen LogP contribution in [0.2, 0.25) is 0 Å². The lowest BCUT2D eigenvalue weighted by Gasteiger charge is -2.39. The van der Waals surface area contributed by atoms with Gasteiger partial charge in [-0.2, -0.15) is 0 Å². The highest BCUT2D eigenvalue weighted by molar-refractivity contribution is 6.03. The lowest BCUT2D eigenvalue weighted by molar-refractivity contribution is -0.156. The van der Waals surface area contributed by atoms with Crippen LogP contribution in [0.5, 0.6) is 0 Å². The van der Waals surface area contributed by atoms with E-state index in [1.807, 2.05) is 67.6 Å².